The van der Waals surface area contributed by atoms with Crippen molar-refractivity contribution < 1.29 is 14.6 Å². The molecule has 0 aliphatic carbocycles. The number of carboxylic acid groups (broad SMARTS) is 1. The highest BCUT2D eigenvalue weighted by molar-refractivity contribution is 5.80. The quantitative estimate of drug-likeness (QED) is 0.788. The van der Waals surface area contributed by atoms with Gasteiger partial charge in [0.25, 0.3) is 0 Å². The molecule has 2 rings (SSSR count). The number of carboxylic acids is 1. The Morgan fingerprint density at radius 1 is 1.38 bits per heavy atom. The van der Waals surface area contributed by atoms with Gasteiger partial charge in [-0.15, -0.1) is 0 Å². The minimum absolute atomic E-state index is 0.244. The van der Waals surface area contributed by atoms with Crippen LogP contribution in [0, 0.1) is 6.92 Å². The smallest absolute Gasteiger partial charge is 0.328 e. The molecule has 1 fully saturated rings. The Kier molecular flexibility index (Phi) is 2.79. The van der Waals surface area contributed by atoms with E-state index in [0.29, 0.717) is 13.2 Å². The van der Waals surface area contributed by atoms with Gasteiger partial charge < -0.3 is 9.84 Å². The third-order valence-electron chi connectivity index (χ3n) is 2.89. The minimum atomic E-state index is -0.918. The molecule has 0 unspecified atom stereocenters. The summed E-state index contributed by atoms with van der Waals surface area (Å²) in [6.45, 7) is 3.14. The van der Waals surface area contributed by atoms with Crippen molar-refractivity contribution in [2.45, 2.75) is 12.3 Å². The van der Waals surface area contributed by atoms with E-state index in [4.69, 9.17) is 9.84 Å². The number of aliphatic carboxylic acids is 1. The molecule has 0 aromatic heterocycles. The van der Waals surface area contributed by atoms with E-state index in [9.17, 15) is 4.79 Å². The summed E-state index contributed by atoms with van der Waals surface area (Å²) in [5.74, 6) is -0.918. The number of aryl methyl sites for hydroxylation is 1. The fraction of sp³-hybridized carbons (Fsp3) is 0.308. The first kappa shape index (κ1) is 10.9. The summed E-state index contributed by atoms with van der Waals surface area (Å²) in [4.78, 5) is 10.5. The number of hydrogen-bond donors (Lipinski definition) is 1. The lowest BCUT2D eigenvalue weighted by molar-refractivity contribution is -0.131. The molecule has 3 nitrogen and oxygen atoms in total. The fourth-order valence-corrected chi connectivity index (χ4v) is 1.80. The van der Waals surface area contributed by atoms with Crippen molar-refractivity contribution in [3.8, 4) is 0 Å². The van der Waals surface area contributed by atoms with E-state index in [1.165, 1.54) is 11.6 Å². The molecule has 0 atom stereocenters. The highest BCUT2D eigenvalue weighted by Crippen LogP contribution is 2.33. The third kappa shape index (κ3) is 1.99. The Morgan fingerprint density at radius 2 is 2.00 bits per heavy atom. The normalized spacial score (nSPS) is 18.3. The van der Waals surface area contributed by atoms with Crippen LogP contribution in [0.25, 0.3) is 0 Å². The van der Waals surface area contributed by atoms with Gasteiger partial charge in [0.15, 0.2) is 0 Å². The number of carbonyl (C=O) groups is 1. The van der Waals surface area contributed by atoms with E-state index in [1.807, 2.05) is 31.2 Å². The predicted octanol–water partition coefficient (Wildman–Crippen LogP) is 1.90. The third-order valence-corrected chi connectivity index (χ3v) is 2.89. The largest absolute Gasteiger partial charge is 0.478 e. The molecule has 0 saturated carbocycles. The number of rotatable bonds is 3. The molecule has 1 saturated heterocycles. The summed E-state index contributed by atoms with van der Waals surface area (Å²) in [6, 6.07) is 8.13. The number of ether oxygens (including phenoxy) is 1. The molecule has 1 aliphatic heterocycles. The van der Waals surface area contributed by atoms with Crippen LogP contribution < -0.4 is 0 Å². The van der Waals surface area contributed by atoms with E-state index in [0.717, 1.165) is 5.56 Å². The van der Waals surface area contributed by atoms with Gasteiger partial charge in [-0.25, -0.2) is 4.79 Å². The van der Waals surface area contributed by atoms with Crippen molar-refractivity contribution in [2.75, 3.05) is 13.2 Å². The maximum atomic E-state index is 10.5. The van der Waals surface area contributed by atoms with Crippen LogP contribution in [0.15, 0.2) is 36.4 Å². The molecule has 3 heteroatoms. The Hall–Kier alpha value is -1.61. The summed E-state index contributed by atoms with van der Waals surface area (Å²) in [6.07, 6.45) is 2.92. The van der Waals surface area contributed by atoms with E-state index >= 15 is 0 Å². The maximum Gasteiger partial charge on any atom is 0.328 e. The molecule has 1 heterocycles. The maximum absolute atomic E-state index is 10.5. The van der Waals surface area contributed by atoms with E-state index in [-0.39, 0.29) is 5.41 Å². The molecule has 1 aromatic rings. The topological polar surface area (TPSA) is 46.5 Å². The Morgan fingerprint density at radius 3 is 2.44 bits per heavy atom. The fourth-order valence-electron chi connectivity index (χ4n) is 1.80. The molecule has 0 amide bonds. The molecule has 84 valence electrons. The zero-order valence-electron chi connectivity index (χ0n) is 9.14. The van der Waals surface area contributed by atoms with Crippen LogP contribution in [-0.2, 0) is 14.9 Å². The summed E-state index contributed by atoms with van der Waals surface area (Å²) in [5.41, 5.74) is 2.06. The second kappa shape index (κ2) is 4.10. The van der Waals surface area contributed by atoms with Crippen LogP contribution in [0.4, 0.5) is 0 Å². The minimum Gasteiger partial charge on any atom is -0.478 e. The first-order valence-corrected chi connectivity index (χ1v) is 5.19. The first-order valence-electron chi connectivity index (χ1n) is 5.19. The van der Waals surface area contributed by atoms with Gasteiger partial charge in [0.2, 0.25) is 0 Å². The first-order chi connectivity index (χ1) is 7.62. The highest BCUT2D eigenvalue weighted by Gasteiger charge is 2.37. The van der Waals surface area contributed by atoms with Crippen LogP contribution in [0.2, 0.25) is 0 Å². The molecular formula is C13H14O3. The SMILES string of the molecule is Cc1ccc(C2(/C=C/C(=O)O)COC2)cc1. The van der Waals surface area contributed by atoms with E-state index in [1.54, 1.807) is 6.08 Å². The molecule has 1 aliphatic rings. The lowest BCUT2D eigenvalue weighted by Crippen LogP contribution is -2.45. The summed E-state index contributed by atoms with van der Waals surface area (Å²) < 4.78 is 5.21. The second-order valence-electron chi connectivity index (χ2n) is 4.19. The van der Waals surface area contributed by atoms with Crippen LogP contribution in [0.1, 0.15) is 11.1 Å². The van der Waals surface area contributed by atoms with Crippen molar-refractivity contribution in [1.82, 2.24) is 0 Å². The zero-order chi connectivity index (χ0) is 11.6. The zero-order valence-corrected chi connectivity index (χ0v) is 9.14. The van der Waals surface area contributed by atoms with Crippen LogP contribution >= 0.6 is 0 Å². The monoisotopic (exact) mass is 218 g/mol. The predicted molar refractivity (Wildman–Crippen MR) is 60.5 cm³/mol. The average molecular weight is 218 g/mol. The molecule has 0 spiro atoms. The lowest BCUT2D eigenvalue weighted by Gasteiger charge is -2.39. The van der Waals surface area contributed by atoms with Crippen molar-refractivity contribution in [3.63, 3.8) is 0 Å². The van der Waals surface area contributed by atoms with Gasteiger partial charge >= 0.3 is 5.97 Å². The van der Waals surface area contributed by atoms with Gasteiger partial charge in [-0.3, -0.25) is 0 Å². The molecular weight excluding hydrogens is 204 g/mol. The number of hydrogen-bond acceptors (Lipinski definition) is 2. The number of benzene rings is 1. The van der Waals surface area contributed by atoms with Crippen LogP contribution in [0.3, 0.4) is 0 Å². The van der Waals surface area contributed by atoms with Gasteiger partial charge in [0, 0.05) is 6.08 Å². The van der Waals surface area contributed by atoms with Gasteiger partial charge in [-0.05, 0) is 12.5 Å². The van der Waals surface area contributed by atoms with Crippen LogP contribution in [0.5, 0.6) is 0 Å². The standard InChI is InChI=1S/C13H14O3/c1-10-2-4-11(5-3-10)13(8-16-9-13)7-6-12(14)15/h2-7H,8-9H2,1H3,(H,14,15)/b7-6+. The lowest BCUT2D eigenvalue weighted by atomic mass is 9.78. The van der Waals surface area contributed by atoms with E-state index < -0.39 is 5.97 Å². The molecule has 1 N–H and O–H groups in total. The van der Waals surface area contributed by atoms with Crippen molar-refractivity contribution in [1.29, 1.82) is 0 Å². The van der Waals surface area contributed by atoms with Gasteiger partial charge in [-0.2, -0.15) is 0 Å². The molecule has 1 aromatic carbocycles. The Balaban J connectivity index is 2.27. The van der Waals surface area contributed by atoms with Gasteiger partial charge in [0.05, 0.1) is 18.6 Å². The summed E-state index contributed by atoms with van der Waals surface area (Å²) >= 11 is 0. The van der Waals surface area contributed by atoms with Gasteiger partial charge in [-0.1, -0.05) is 35.9 Å². The highest BCUT2D eigenvalue weighted by atomic mass is 16.5. The average Bonchev–Trinajstić information content (AvgIpc) is 2.18. The Bertz CT molecular complexity index is 413. The van der Waals surface area contributed by atoms with Gasteiger partial charge in [0.1, 0.15) is 0 Å². The summed E-state index contributed by atoms with van der Waals surface area (Å²) in [7, 11) is 0. The second-order valence-corrected chi connectivity index (χ2v) is 4.19. The van der Waals surface area contributed by atoms with E-state index in [2.05, 4.69) is 0 Å². The van der Waals surface area contributed by atoms with Crippen molar-refractivity contribution >= 4 is 5.97 Å². The molecule has 16 heavy (non-hydrogen) atoms. The van der Waals surface area contributed by atoms with Crippen molar-refractivity contribution in [2.24, 2.45) is 0 Å². The van der Waals surface area contributed by atoms with Crippen LogP contribution in [-0.4, -0.2) is 24.3 Å². The Labute approximate surface area is 94.4 Å². The summed E-state index contributed by atoms with van der Waals surface area (Å²) in [5, 5.41) is 8.66. The molecule has 0 radical (unpaired) electrons. The molecule has 0 bridgehead atoms. The van der Waals surface area contributed by atoms with Crippen molar-refractivity contribution in [3.05, 3.63) is 47.5 Å².